The number of rotatable bonds is 2. The zero-order chi connectivity index (χ0) is 35.3. The van der Waals surface area contributed by atoms with Gasteiger partial charge in [-0.2, -0.15) is 9.13 Å². The van der Waals surface area contributed by atoms with Crippen molar-refractivity contribution in [1.82, 2.24) is 0 Å². The van der Waals surface area contributed by atoms with Crippen LogP contribution in [0.2, 0.25) is 0 Å². The van der Waals surface area contributed by atoms with E-state index in [1.54, 1.807) is 27.8 Å². The third-order valence-electron chi connectivity index (χ3n) is 15.8. The topological polar surface area (TPSA) is 7.76 Å². The van der Waals surface area contributed by atoms with E-state index in [-0.39, 0.29) is 38.0 Å². The van der Waals surface area contributed by atoms with Crippen molar-refractivity contribution in [1.29, 1.82) is 0 Å². The number of aryl methyl sites for hydroxylation is 1. The van der Waals surface area contributed by atoms with Crippen LogP contribution in [-0.2, 0) is 45.6 Å². The molecule has 1 spiro atoms. The van der Waals surface area contributed by atoms with Crippen molar-refractivity contribution in [2.45, 2.75) is 155 Å². The van der Waals surface area contributed by atoms with Crippen LogP contribution in [0, 0.1) is 12.3 Å². The minimum absolute atomic E-state index is 0.0330. The molecular weight excluding hydrogens is 593 g/mol. The molecule has 0 amide bonds. The summed E-state index contributed by atoms with van der Waals surface area (Å²) in [4.78, 5) is 0. The highest BCUT2D eigenvalue weighted by molar-refractivity contribution is 5.73. The van der Waals surface area contributed by atoms with Crippen LogP contribution in [0.5, 0.6) is 0 Å². The summed E-state index contributed by atoms with van der Waals surface area (Å²) >= 11 is 0. The quantitative estimate of drug-likeness (QED) is 0.190. The van der Waals surface area contributed by atoms with E-state index in [0.717, 1.165) is 25.8 Å². The number of fused-ring (bicyclic) bond motifs is 9. The average Bonchev–Trinajstić information content (AvgIpc) is 3.22. The van der Waals surface area contributed by atoms with Crippen LogP contribution < -0.4 is 9.13 Å². The van der Waals surface area contributed by atoms with E-state index in [1.165, 1.54) is 40.1 Å². The molecule has 4 heterocycles. The minimum Gasteiger partial charge on any atom is -0.197 e. The van der Waals surface area contributed by atoms with E-state index in [0.29, 0.717) is 0 Å². The number of benzene rings is 2. The van der Waals surface area contributed by atoms with Crippen molar-refractivity contribution in [3.05, 3.63) is 106 Å². The molecule has 2 aliphatic heterocycles. The lowest BCUT2D eigenvalue weighted by molar-refractivity contribution is -0.786. The van der Waals surface area contributed by atoms with Gasteiger partial charge in [0.05, 0.1) is 5.56 Å². The van der Waals surface area contributed by atoms with Crippen LogP contribution in [0.1, 0.15) is 141 Å². The van der Waals surface area contributed by atoms with Gasteiger partial charge in [0.2, 0.25) is 11.4 Å². The lowest BCUT2D eigenvalue weighted by Crippen LogP contribution is -2.72. The van der Waals surface area contributed by atoms with E-state index >= 15 is 0 Å². The lowest BCUT2D eigenvalue weighted by Gasteiger charge is -2.47. The molecule has 256 valence electrons. The molecule has 2 aromatic carbocycles. The molecule has 0 fully saturated rings. The average molecular weight is 653 g/mol. The van der Waals surface area contributed by atoms with Crippen LogP contribution in [0.15, 0.2) is 67.0 Å². The Bertz CT molecular complexity index is 2060. The summed E-state index contributed by atoms with van der Waals surface area (Å²) in [5.74, 6) is 0. The fraction of sp³-hybridized carbons (Fsp3) is 0.532. The molecule has 0 saturated carbocycles. The number of aromatic nitrogens is 2. The molecule has 4 aliphatic rings. The van der Waals surface area contributed by atoms with Gasteiger partial charge >= 0.3 is 0 Å². The fourth-order valence-corrected chi connectivity index (χ4v) is 12.1. The third-order valence-corrected chi connectivity index (χ3v) is 15.8. The zero-order valence-corrected chi connectivity index (χ0v) is 32.8. The van der Waals surface area contributed by atoms with Crippen molar-refractivity contribution >= 4 is 0 Å². The smallest absolute Gasteiger partial charge is 0.197 e. The summed E-state index contributed by atoms with van der Waals surface area (Å²) < 4.78 is 5.47. The summed E-state index contributed by atoms with van der Waals surface area (Å²) in [7, 11) is 0. The maximum atomic E-state index is 2.76. The first kappa shape index (κ1) is 32.9. The molecule has 4 aromatic rings. The predicted octanol–water partition coefficient (Wildman–Crippen LogP) is 10.5. The number of nitrogens with zero attached hydrogens (tertiary/aromatic N) is 2. The molecule has 2 nitrogen and oxygen atoms in total. The van der Waals surface area contributed by atoms with Crippen LogP contribution in [0.4, 0.5) is 0 Å². The van der Waals surface area contributed by atoms with Gasteiger partial charge < -0.3 is 0 Å². The van der Waals surface area contributed by atoms with Crippen molar-refractivity contribution in [3.8, 4) is 22.5 Å². The van der Waals surface area contributed by atoms with E-state index in [4.69, 9.17) is 0 Å². The van der Waals surface area contributed by atoms with Gasteiger partial charge in [0, 0.05) is 42.2 Å². The van der Waals surface area contributed by atoms with Gasteiger partial charge in [-0.05, 0) is 92.9 Å². The first-order valence-electron chi connectivity index (χ1n) is 19.2. The van der Waals surface area contributed by atoms with Crippen molar-refractivity contribution < 1.29 is 9.13 Å². The molecule has 0 saturated heterocycles. The van der Waals surface area contributed by atoms with Gasteiger partial charge in [0.15, 0.2) is 24.5 Å². The molecule has 1 atom stereocenters. The Labute approximate surface area is 297 Å². The molecule has 49 heavy (non-hydrogen) atoms. The summed E-state index contributed by atoms with van der Waals surface area (Å²) in [6.45, 7) is 33.1. The Hall–Kier alpha value is -3.26. The largest absolute Gasteiger partial charge is 0.213 e. The third kappa shape index (κ3) is 3.85. The van der Waals surface area contributed by atoms with Crippen LogP contribution in [0.25, 0.3) is 22.5 Å². The molecule has 2 aromatic heterocycles. The maximum absolute atomic E-state index is 2.76. The number of pyridine rings is 2. The van der Waals surface area contributed by atoms with Crippen molar-refractivity contribution in [3.63, 3.8) is 0 Å². The summed E-state index contributed by atoms with van der Waals surface area (Å²) in [5, 5.41) is 0. The molecule has 0 N–H and O–H groups in total. The fourth-order valence-electron chi connectivity index (χ4n) is 12.1. The highest BCUT2D eigenvalue weighted by Crippen LogP contribution is 2.64. The van der Waals surface area contributed by atoms with Crippen LogP contribution in [0.3, 0.4) is 0 Å². The van der Waals surface area contributed by atoms with Gasteiger partial charge in [0.1, 0.15) is 5.41 Å². The standard InChI is InChI=1S/C47H60N2/c1-14-47(15-2)46(26-31-20-19-30(3)22-32(31)39-18-16-17-21-49(39)47)29-48-27-38-35(41(4,5)28-42(38,6)7)25-40(48)33-23-36-37(24-34(33)46)44(10,11)45(12,13)43(36,8)9/h16-25,27H,14-15,26,28-29H2,1-13H3/q+2. The number of hydrogen-bond donors (Lipinski definition) is 0. The monoisotopic (exact) mass is 652 g/mol. The Morgan fingerprint density at radius 1 is 0.633 bits per heavy atom. The SMILES string of the molecule is CCC1(CC)[n+]2ccccc2-c2cc(C)ccc2CC12C[n+]1cc3c(cc1-c1cc4c(cc12)C(C)(C)C(C)(C)C4(C)C)C(C)(C)CC3(C)C. The second-order valence-electron chi connectivity index (χ2n) is 19.5. The first-order valence-corrected chi connectivity index (χ1v) is 19.2. The molecule has 0 radical (unpaired) electrons. The molecular formula is C47H60N2+2. The lowest BCUT2D eigenvalue weighted by atomic mass is 9.57. The molecule has 2 aliphatic carbocycles. The van der Waals surface area contributed by atoms with E-state index < -0.39 is 0 Å². The van der Waals surface area contributed by atoms with Crippen LogP contribution in [-0.4, -0.2) is 0 Å². The summed E-state index contributed by atoms with van der Waals surface area (Å²) in [6, 6.07) is 22.3. The summed E-state index contributed by atoms with van der Waals surface area (Å²) in [6.07, 6.45) is 9.36. The zero-order valence-electron chi connectivity index (χ0n) is 32.8. The molecule has 1 unspecified atom stereocenters. The highest BCUT2D eigenvalue weighted by atomic mass is 15.1. The molecule has 8 rings (SSSR count). The minimum atomic E-state index is -0.167. The van der Waals surface area contributed by atoms with Crippen molar-refractivity contribution in [2.75, 3.05) is 0 Å². The van der Waals surface area contributed by atoms with Gasteiger partial charge in [0.25, 0.3) is 0 Å². The first-order chi connectivity index (χ1) is 22.8. The van der Waals surface area contributed by atoms with Crippen molar-refractivity contribution in [2.24, 2.45) is 5.41 Å². The predicted molar refractivity (Wildman–Crippen MR) is 203 cm³/mol. The van der Waals surface area contributed by atoms with E-state index in [9.17, 15) is 0 Å². The van der Waals surface area contributed by atoms with Crippen LogP contribution >= 0.6 is 0 Å². The summed E-state index contributed by atoms with van der Waals surface area (Å²) in [5.41, 5.74) is 16.4. The highest BCUT2D eigenvalue weighted by Gasteiger charge is 2.66. The normalized spacial score (nSPS) is 25.0. The second kappa shape index (κ2) is 9.74. The Balaban J connectivity index is 1.55. The van der Waals surface area contributed by atoms with E-state index in [2.05, 4.69) is 166 Å². The number of hydrogen-bond acceptors (Lipinski definition) is 0. The van der Waals surface area contributed by atoms with Gasteiger partial charge in [-0.1, -0.05) is 107 Å². The molecule has 2 heteroatoms. The van der Waals surface area contributed by atoms with E-state index in [1.807, 2.05) is 0 Å². The maximum Gasteiger partial charge on any atom is 0.213 e. The Morgan fingerprint density at radius 2 is 1.29 bits per heavy atom. The van der Waals surface area contributed by atoms with Gasteiger partial charge in [-0.25, -0.2) is 0 Å². The van der Waals surface area contributed by atoms with Gasteiger partial charge in [-0.3, -0.25) is 0 Å². The molecule has 0 bridgehead atoms. The Kier molecular flexibility index (Phi) is 6.54. The Morgan fingerprint density at radius 3 is 1.96 bits per heavy atom. The van der Waals surface area contributed by atoms with Gasteiger partial charge in [-0.15, -0.1) is 0 Å². The second-order valence-corrected chi connectivity index (χ2v) is 19.5.